The van der Waals surface area contributed by atoms with Crippen molar-refractivity contribution in [2.75, 3.05) is 18.5 Å². The van der Waals surface area contributed by atoms with Gasteiger partial charge in [-0.15, -0.1) is 0 Å². The van der Waals surface area contributed by atoms with Gasteiger partial charge < -0.3 is 10.2 Å². The molecule has 3 rings (SSSR count). The average Bonchev–Trinajstić information content (AvgIpc) is 3.09. The average molecular weight is 216 g/mol. The lowest BCUT2D eigenvalue weighted by Gasteiger charge is -2.12. The van der Waals surface area contributed by atoms with E-state index >= 15 is 0 Å². The fourth-order valence-electron chi connectivity index (χ4n) is 2.29. The van der Waals surface area contributed by atoms with E-state index in [1.54, 1.807) is 4.90 Å². The van der Waals surface area contributed by atoms with Crippen molar-refractivity contribution in [2.45, 2.75) is 18.9 Å². The number of benzene rings is 1. The van der Waals surface area contributed by atoms with E-state index in [-0.39, 0.29) is 11.9 Å². The van der Waals surface area contributed by atoms with Crippen LogP contribution in [-0.4, -0.2) is 19.5 Å². The topological polar surface area (TPSA) is 32.3 Å². The Bertz CT molecular complexity index is 426. The molecule has 84 valence electrons. The van der Waals surface area contributed by atoms with Crippen LogP contribution in [0.2, 0.25) is 0 Å². The molecule has 2 aliphatic rings. The Labute approximate surface area is 95.4 Å². The van der Waals surface area contributed by atoms with Crippen molar-refractivity contribution in [3.63, 3.8) is 0 Å². The lowest BCUT2D eigenvalue weighted by molar-refractivity contribution is -0.119. The van der Waals surface area contributed by atoms with Crippen LogP contribution in [0.15, 0.2) is 24.3 Å². The summed E-state index contributed by atoms with van der Waals surface area (Å²) in [5.74, 6) is 0.965. The fourth-order valence-corrected chi connectivity index (χ4v) is 2.29. The predicted octanol–water partition coefficient (Wildman–Crippen LogP) is 1.70. The number of anilines is 1. The molecular weight excluding hydrogens is 200 g/mol. The second kappa shape index (κ2) is 3.59. The van der Waals surface area contributed by atoms with Crippen LogP contribution in [0.3, 0.4) is 0 Å². The molecule has 1 aromatic carbocycles. The van der Waals surface area contributed by atoms with Crippen LogP contribution in [0.1, 0.15) is 24.4 Å². The zero-order valence-electron chi connectivity index (χ0n) is 9.44. The number of carbonyl (C=O) groups excluding carboxylic acids is 1. The molecular formula is C13H16N2O. The van der Waals surface area contributed by atoms with Crippen LogP contribution >= 0.6 is 0 Å². The molecule has 1 unspecified atom stereocenters. The number of fused-ring (bicyclic) bond motifs is 1. The minimum Gasteiger partial charge on any atom is -0.313 e. The number of amides is 1. The van der Waals surface area contributed by atoms with Gasteiger partial charge in [-0.05, 0) is 31.4 Å². The first-order valence-corrected chi connectivity index (χ1v) is 5.87. The Morgan fingerprint density at radius 2 is 2.12 bits per heavy atom. The summed E-state index contributed by atoms with van der Waals surface area (Å²) in [6.07, 6.45) is 2.62. The fraction of sp³-hybridized carbons (Fsp3) is 0.462. The smallest absolute Gasteiger partial charge is 0.248 e. The van der Waals surface area contributed by atoms with Crippen LogP contribution in [0, 0.1) is 5.92 Å². The van der Waals surface area contributed by atoms with Crippen molar-refractivity contribution in [3.05, 3.63) is 29.8 Å². The number of nitrogens with one attached hydrogen (secondary N) is 1. The molecule has 0 radical (unpaired) electrons. The van der Waals surface area contributed by atoms with Gasteiger partial charge in [0.1, 0.15) is 6.04 Å². The number of likely N-dealkylation sites (N-methyl/N-ethyl adjacent to an activating group) is 1. The van der Waals surface area contributed by atoms with Crippen molar-refractivity contribution in [2.24, 2.45) is 5.92 Å². The summed E-state index contributed by atoms with van der Waals surface area (Å²) >= 11 is 0. The van der Waals surface area contributed by atoms with Gasteiger partial charge >= 0.3 is 0 Å². The largest absolute Gasteiger partial charge is 0.313 e. The molecule has 1 aliphatic carbocycles. The van der Waals surface area contributed by atoms with Gasteiger partial charge in [0, 0.05) is 18.3 Å². The highest BCUT2D eigenvalue weighted by Crippen LogP contribution is 2.35. The molecule has 1 saturated carbocycles. The van der Waals surface area contributed by atoms with Gasteiger partial charge in [0.25, 0.3) is 0 Å². The van der Waals surface area contributed by atoms with Crippen LogP contribution in [0.4, 0.5) is 5.69 Å². The van der Waals surface area contributed by atoms with Crippen molar-refractivity contribution in [1.82, 2.24) is 5.32 Å². The Kier molecular flexibility index (Phi) is 2.21. The third-order valence-corrected chi connectivity index (χ3v) is 3.49. The van der Waals surface area contributed by atoms with Crippen molar-refractivity contribution in [1.29, 1.82) is 0 Å². The number of para-hydroxylation sites is 1. The first-order valence-electron chi connectivity index (χ1n) is 5.87. The first kappa shape index (κ1) is 9.85. The molecule has 0 saturated heterocycles. The number of carbonyl (C=O) groups is 1. The maximum atomic E-state index is 12.1. The second-order valence-electron chi connectivity index (χ2n) is 4.74. The number of nitrogens with zero attached hydrogens (tertiary/aromatic N) is 1. The SMILES string of the molecule is CN1C(=O)C(NCC2CC2)c2ccccc21. The molecule has 16 heavy (non-hydrogen) atoms. The minimum atomic E-state index is -0.123. The summed E-state index contributed by atoms with van der Waals surface area (Å²) in [7, 11) is 1.85. The minimum absolute atomic E-state index is 0.123. The molecule has 1 fully saturated rings. The quantitative estimate of drug-likeness (QED) is 0.834. The maximum Gasteiger partial charge on any atom is 0.248 e. The van der Waals surface area contributed by atoms with Crippen LogP contribution in [0.25, 0.3) is 0 Å². The third-order valence-electron chi connectivity index (χ3n) is 3.49. The first-order chi connectivity index (χ1) is 7.77. The molecule has 1 heterocycles. The van der Waals surface area contributed by atoms with Gasteiger partial charge in [-0.2, -0.15) is 0 Å². The molecule has 3 nitrogen and oxygen atoms in total. The second-order valence-corrected chi connectivity index (χ2v) is 4.74. The van der Waals surface area contributed by atoms with Crippen LogP contribution < -0.4 is 10.2 Å². The third kappa shape index (κ3) is 1.52. The van der Waals surface area contributed by atoms with Gasteiger partial charge in [0.15, 0.2) is 0 Å². The summed E-state index contributed by atoms with van der Waals surface area (Å²) < 4.78 is 0. The van der Waals surface area contributed by atoms with E-state index in [0.29, 0.717) is 0 Å². The zero-order valence-corrected chi connectivity index (χ0v) is 9.44. The van der Waals surface area contributed by atoms with Crippen molar-refractivity contribution in [3.8, 4) is 0 Å². The summed E-state index contributed by atoms with van der Waals surface area (Å²) in [6.45, 7) is 0.971. The van der Waals surface area contributed by atoms with Gasteiger partial charge in [-0.1, -0.05) is 18.2 Å². The highest BCUT2D eigenvalue weighted by atomic mass is 16.2. The maximum absolute atomic E-state index is 12.1. The molecule has 1 N–H and O–H groups in total. The molecule has 1 atom stereocenters. The Morgan fingerprint density at radius 3 is 2.88 bits per heavy atom. The predicted molar refractivity (Wildman–Crippen MR) is 63.3 cm³/mol. The van der Waals surface area contributed by atoms with Crippen LogP contribution in [-0.2, 0) is 4.79 Å². The van der Waals surface area contributed by atoms with Crippen molar-refractivity contribution < 1.29 is 4.79 Å². The standard InChI is InChI=1S/C13H16N2O/c1-15-11-5-3-2-4-10(11)12(13(15)16)14-8-9-6-7-9/h2-5,9,12,14H,6-8H2,1H3. The molecule has 0 spiro atoms. The number of rotatable bonds is 3. The zero-order chi connectivity index (χ0) is 11.1. The number of hydrogen-bond acceptors (Lipinski definition) is 2. The number of hydrogen-bond donors (Lipinski definition) is 1. The van der Waals surface area contributed by atoms with E-state index in [2.05, 4.69) is 5.32 Å². The molecule has 1 amide bonds. The van der Waals surface area contributed by atoms with E-state index in [4.69, 9.17) is 0 Å². The highest BCUT2D eigenvalue weighted by Gasteiger charge is 2.35. The van der Waals surface area contributed by atoms with Crippen molar-refractivity contribution >= 4 is 11.6 Å². The van der Waals surface area contributed by atoms with E-state index in [0.717, 1.165) is 23.7 Å². The molecule has 1 aliphatic heterocycles. The molecule has 3 heteroatoms. The molecule has 0 bridgehead atoms. The lowest BCUT2D eigenvalue weighted by atomic mass is 10.1. The summed E-state index contributed by atoms with van der Waals surface area (Å²) in [5.41, 5.74) is 2.16. The van der Waals surface area contributed by atoms with Gasteiger partial charge in [-0.25, -0.2) is 0 Å². The normalized spacial score (nSPS) is 23.7. The van der Waals surface area contributed by atoms with Gasteiger partial charge in [0.05, 0.1) is 0 Å². The Hall–Kier alpha value is -1.35. The molecule has 0 aromatic heterocycles. The highest BCUT2D eigenvalue weighted by molar-refractivity contribution is 6.04. The Morgan fingerprint density at radius 1 is 1.38 bits per heavy atom. The van der Waals surface area contributed by atoms with Crippen LogP contribution in [0.5, 0.6) is 0 Å². The summed E-state index contributed by atoms with van der Waals surface area (Å²) in [4.78, 5) is 13.8. The summed E-state index contributed by atoms with van der Waals surface area (Å²) in [6, 6.07) is 7.90. The van der Waals surface area contributed by atoms with Gasteiger partial charge in [-0.3, -0.25) is 4.79 Å². The molecule has 1 aromatic rings. The van der Waals surface area contributed by atoms with E-state index in [1.165, 1.54) is 12.8 Å². The lowest BCUT2D eigenvalue weighted by Crippen LogP contribution is -2.33. The summed E-state index contributed by atoms with van der Waals surface area (Å²) in [5, 5.41) is 3.39. The van der Waals surface area contributed by atoms with E-state index < -0.39 is 0 Å². The monoisotopic (exact) mass is 216 g/mol. The van der Waals surface area contributed by atoms with E-state index in [1.807, 2.05) is 31.3 Å². The Balaban J connectivity index is 1.84. The van der Waals surface area contributed by atoms with E-state index in [9.17, 15) is 4.79 Å². The van der Waals surface area contributed by atoms with Gasteiger partial charge in [0.2, 0.25) is 5.91 Å².